The van der Waals surface area contributed by atoms with Crippen LogP contribution in [0.1, 0.15) is 31.4 Å². The number of rotatable bonds is 2. The highest BCUT2D eigenvalue weighted by Gasteiger charge is 2.20. The summed E-state index contributed by atoms with van der Waals surface area (Å²) in [6, 6.07) is 4.72. The maximum atomic E-state index is 12.9. The molecule has 0 aromatic heterocycles. The summed E-state index contributed by atoms with van der Waals surface area (Å²) < 4.78 is 12.9. The van der Waals surface area contributed by atoms with E-state index >= 15 is 0 Å². The Hall–Kier alpha value is -0.890. The second-order valence-electron chi connectivity index (χ2n) is 3.59. The van der Waals surface area contributed by atoms with Gasteiger partial charge < -0.3 is 5.11 Å². The van der Waals surface area contributed by atoms with Crippen LogP contribution in [0.5, 0.6) is 0 Å². The molecule has 0 aliphatic rings. The van der Waals surface area contributed by atoms with Crippen LogP contribution in [0.2, 0.25) is 0 Å². The van der Waals surface area contributed by atoms with Gasteiger partial charge in [0.1, 0.15) is 5.82 Å². The second-order valence-corrected chi connectivity index (χ2v) is 3.59. The largest absolute Gasteiger partial charge is 0.385 e. The van der Waals surface area contributed by atoms with Gasteiger partial charge >= 0.3 is 0 Å². The molecule has 0 unspecified atom stereocenters. The highest BCUT2D eigenvalue weighted by molar-refractivity contribution is 5.27. The Labute approximate surface area is 78.2 Å². The SMILES string of the molecule is CC[C@@](C)(O)c1ccc(F)c(C)c1. The normalized spacial score (nSPS) is 15.5. The molecular formula is C11H15FO. The standard InChI is InChI=1S/C11H15FO/c1-4-11(3,13)9-5-6-10(12)8(2)7-9/h5-7,13H,4H2,1-3H3/t11-/m1/s1. The molecule has 0 saturated heterocycles. The number of hydrogen-bond donors (Lipinski definition) is 1. The average Bonchev–Trinajstić information content (AvgIpc) is 2.09. The Morgan fingerprint density at radius 1 is 1.46 bits per heavy atom. The fourth-order valence-corrected chi connectivity index (χ4v) is 1.18. The molecule has 1 rings (SSSR count). The molecule has 2 heteroatoms. The summed E-state index contributed by atoms with van der Waals surface area (Å²) in [6.07, 6.45) is 0.623. The minimum Gasteiger partial charge on any atom is -0.385 e. The van der Waals surface area contributed by atoms with Gasteiger partial charge in [-0.15, -0.1) is 0 Å². The van der Waals surface area contributed by atoms with E-state index in [9.17, 15) is 9.50 Å². The van der Waals surface area contributed by atoms with E-state index in [1.54, 1.807) is 26.0 Å². The molecule has 13 heavy (non-hydrogen) atoms. The lowest BCUT2D eigenvalue weighted by Gasteiger charge is -2.22. The van der Waals surface area contributed by atoms with E-state index in [2.05, 4.69) is 0 Å². The van der Waals surface area contributed by atoms with E-state index in [1.165, 1.54) is 6.07 Å². The molecule has 1 N–H and O–H groups in total. The van der Waals surface area contributed by atoms with Crippen LogP contribution in [0.15, 0.2) is 18.2 Å². The zero-order chi connectivity index (χ0) is 10.1. The number of aliphatic hydroxyl groups is 1. The quantitative estimate of drug-likeness (QED) is 0.745. The van der Waals surface area contributed by atoms with Gasteiger partial charge in [0, 0.05) is 0 Å². The summed E-state index contributed by atoms with van der Waals surface area (Å²) in [5.41, 5.74) is 0.499. The van der Waals surface area contributed by atoms with Crippen LogP contribution in [-0.2, 0) is 5.60 Å². The lowest BCUT2D eigenvalue weighted by atomic mass is 9.92. The molecule has 0 radical (unpaired) electrons. The Bertz CT molecular complexity index is 305. The molecule has 0 bridgehead atoms. The van der Waals surface area contributed by atoms with E-state index < -0.39 is 5.60 Å². The molecule has 0 heterocycles. The van der Waals surface area contributed by atoms with Gasteiger partial charge in [0.2, 0.25) is 0 Å². The molecule has 0 aliphatic carbocycles. The van der Waals surface area contributed by atoms with Gasteiger partial charge in [0.15, 0.2) is 0 Å². The summed E-state index contributed by atoms with van der Waals surface area (Å²) in [4.78, 5) is 0. The van der Waals surface area contributed by atoms with Crippen molar-refractivity contribution in [1.82, 2.24) is 0 Å². The molecule has 1 aromatic carbocycles. The Kier molecular flexibility index (Phi) is 2.71. The summed E-state index contributed by atoms with van der Waals surface area (Å²) in [7, 11) is 0. The van der Waals surface area contributed by atoms with Crippen LogP contribution in [0.4, 0.5) is 4.39 Å². The lowest BCUT2D eigenvalue weighted by Crippen LogP contribution is -2.19. The van der Waals surface area contributed by atoms with E-state index in [-0.39, 0.29) is 5.82 Å². The fourth-order valence-electron chi connectivity index (χ4n) is 1.18. The fraction of sp³-hybridized carbons (Fsp3) is 0.455. The van der Waals surface area contributed by atoms with Crippen LogP contribution in [-0.4, -0.2) is 5.11 Å². The van der Waals surface area contributed by atoms with Crippen LogP contribution in [0.25, 0.3) is 0 Å². The van der Waals surface area contributed by atoms with Crippen molar-refractivity contribution in [2.45, 2.75) is 32.8 Å². The second kappa shape index (κ2) is 3.46. The Morgan fingerprint density at radius 2 is 2.08 bits per heavy atom. The molecule has 1 atom stereocenters. The zero-order valence-corrected chi connectivity index (χ0v) is 8.26. The number of benzene rings is 1. The van der Waals surface area contributed by atoms with Crippen molar-refractivity contribution in [3.63, 3.8) is 0 Å². The Balaban J connectivity index is 3.10. The van der Waals surface area contributed by atoms with Gasteiger partial charge in [-0.1, -0.05) is 19.1 Å². The highest BCUT2D eigenvalue weighted by Crippen LogP contribution is 2.25. The first-order chi connectivity index (χ1) is 5.97. The monoisotopic (exact) mass is 182 g/mol. The third-order valence-corrected chi connectivity index (χ3v) is 2.47. The molecule has 0 fully saturated rings. The smallest absolute Gasteiger partial charge is 0.126 e. The molecule has 0 spiro atoms. The van der Waals surface area contributed by atoms with Crippen LogP contribution in [0.3, 0.4) is 0 Å². The molecule has 0 saturated carbocycles. The van der Waals surface area contributed by atoms with Crippen molar-refractivity contribution in [3.05, 3.63) is 35.1 Å². The van der Waals surface area contributed by atoms with Crippen molar-refractivity contribution in [2.24, 2.45) is 0 Å². The Morgan fingerprint density at radius 3 is 2.54 bits per heavy atom. The lowest BCUT2D eigenvalue weighted by molar-refractivity contribution is 0.0529. The third-order valence-electron chi connectivity index (χ3n) is 2.47. The maximum Gasteiger partial charge on any atom is 0.126 e. The molecule has 0 aliphatic heterocycles. The average molecular weight is 182 g/mol. The van der Waals surface area contributed by atoms with E-state index in [1.807, 2.05) is 6.92 Å². The number of aryl methyl sites for hydroxylation is 1. The van der Waals surface area contributed by atoms with Gasteiger partial charge in [-0.2, -0.15) is 0 Å². The van der Waals surface area contributed by atoms with Gasteiger partial charge in [0.05, 0.1) is 5.60 Å². The summed E-state index contributed by atoms with van der Waals surface area (Å²) in [6.45, 7) is 5.34. The summed E-state index contributed by atoms with van der Waals surface area (Å²) in [5.74, 6) is -0.226. The van der Waals surface area contributed by atoms with Crippen LogP contribution >= 0.6 is 0 Å². The summed E-state index contributed by atoms with van der Waals surface area (Å²) in [5, 5.41) is 9.89. The molecule has 72 valence electrons. The minimum absolute atomic E-state index is 0.226. The van der Waals surface area contributed by atoms with Crippen molar-refractivity contribution >= 4 is 0 Å². The van der Waals surface area contributed by atoms with Crippen molar-refractivity contribution in [3.8, 4) is 0 Å². The first-order valence-corrected chi connectivity index (χ1v) is 4.46. The first-order valence-electron chi connectivity index (χ1n) is 4.46. The highest BCUT2D eigenvalue weighted by atomic mass is 19.1. The topological polar surface area (TPSA) is 20.2 Å². The van der Waals surface area contributed by atoms with Gasteiger partial charge in [-0.3, -0.25) is 0 Å². The maximum absolute atomic E-state index is 12.9. The molecule has 1 nitrogen and oxygen atoms in total. The minimum atomic E-state index is -0.849. The first kappa shape index (κ1) is 10.2. The van der Waals surface area contributed by atoms with Crippen molar-refractivity contribution < 1.29 is 9.50 Å². The zero-order valence-electron chi connectivity index (χ0n) is 8.26. The van der Waals surface area contributed by atoms with Gasteiger partial charge in [-0.25, -0.2) is 4.39 Å². The van der Waals surface area contributed by atoms with Crippen LogP contribution < -0.4 is 0 Å². The van der Waals surface area contributed by atoms with Crippen LogP contribution in [0, 0.1) is 12.7 Å². The predicted molar refractivity (Wildman–Crippen MR) is 51.0 cm³/mol. The van der Waals surface area contributed by atoms with Gasteiger partial charge in [0.25, 0.3) is 0 Å². The van der Waals surface area contributed by atoms with Crippen molar-refractivity contribution in [2.75, 3.05) is 0 Å². The van der Waals surface area contributed by atoms with E-state index in [0.717, 1.165) is 5.56 Å². The molecule has 0 amide bonds. The molecule has 1 aromatic rings. The molecular weight excluding hydrogens is 167 g/mol. The van der Waals surface area contributed by atoms with Gasteiger partial charge in [-0.05, 0) is 37.5 Å². The van der Waals surface area contributed by atoms with E-state index in [0.29, 0.717) is 12.0 Å². The number of hydrogen-bond acceptors (Lipinski definition) is 1. The van der Waals surface area contributed by atoms with E-state index in [4.69, 9.17) is 0 Å². The predicted octanol–water partition coefficient (Wildman–Crippen LogP) is 2.75. The summed E-state index contributed by atoms with van der Waals surface area (Å²) >= 11 is 0. The van der Waals surface area contributed by atoms with Crippen molar-refractivity contribution in [1.29, 1.82) is 0 Å². The third kappa shape index (κ3) is 2.07. The number of halogens is 1.